The highest BCUT2D eigenvalue weighted by molar-refractivity contribution is 5.83. The molecule has 3 rings (SSSR count). The van der Waals surface area contributed by atoms with Gasteiger partial charge in [-0.05, 0) is 32.0 Å². The first-order chi connectivity index (χ1) is 9.81. The molecule has 4 nitrogen and oxygen atoms in total. The summed E-state index contributed by atoms with van der Waals surface area (Å²) in [6.45, 7) is 1.88. The molecule has 0 radical (unpaired) electrons. The van der Waals surface area contributed by atoms with E-state index in [0.717, 1.165) is 36.2 Å². The van der Waals surface area contributed by atoms with Crippen LogP contribution in [-0.2, 0) is 0 Å². The minimum absolute atomic E-state index is 0.476. The molecule has 1 N–H and O–H groups in total. The monoisotopic (exact) mass is 266 g/mol. The van der Waals surface area contributed by atoms with E-state index >= 15 is 0 Å². The van der Waals surface area contributed by atoms with Crippen molar-refractivity contribution in [3.05, 3.63) is 35.9 Å². The second-order valence-electron chi connectivity index (χ2n) is 5.24. The van der Waals surface area contributed by atoms with Gasteiger partial charge >= 0.3 is 0 Å². The number of hydrogen-bond acceptors (Lipinski definition) is 4. The first kappa shape index (κ1) is 12.9. The van der Waals surface area contributed by atoms with Gasteiger partial charge in [0.05, 0.1) is 11.1 Å². The van der Waals surface area contributed by atoms with Crippen molar-refractivity contribution in [2.75, 3.05) is 25.0 Å². The largest absolute Gasteiger partial charge is 0.354 e. The molecule has 1 aromatic carbocycles. The number of piperidine rings is 1. The van der Waals surface area contributed by atoms with Gasteiger partial charge in [-0.2, -0.15) is 5.26 Å². The number of benzene rings is 1. The van der Waals surface area contributed by atoms with Crippen LogP contribution in [-0.4, -0.2) is 31.2 Å². The number of anilines is 1. The summed E-state index contributed by atoms with van der Waals surface area (Å²) in [4.78, 5) is 6.95. The summed E-state index contributed by atoms with van der Waals surface area (Å²) in [7, 11) is 1.99. The number of hydrogen-bond donors (Lipinski definition) is 1. The molecule has 4 heteroatoms. The fourth-order valence-corrected chi connectivity index (χ4v) is 2.83. The van der Waals surface area contributed by atoms with E-state index in [9.17, 15) is 5.26 Å². The van der Waals surface area contributed by atoms with Crippen LogP contribution in [0.2, 0.25) is 0 Å². The topological polar surface area (TPSA) is 52.0 Å². The average molecular weight is 266 g/mol. The van der Waals surface area contributed by atoms with Crippen LogP contribution in [0, 0.1) is 11.3 Å². The van der Waals surface area contributed by atoms with E-state index in [2.05, 4.69) is 16.3 Å². The molecule has 1 aliphatic heterocycles. The molecule has 1 fully saturated rings. The molecule has 20 heavy (non-hydrogen) atoms. The lowest BCUT2D eigenvalue weighted by atomic mass is 10.0. The maximum absolute atomic E-state index is 9.40. The zero-order chi connectivity index (χ0) is 13.9. The maximum atomic E-state index is 9.40. The molecule has 0 saturated carbocycles. The lowest BCUT2D eigenvalue weighted by Crippen LogP contribution is -2.45. The van der Waals surface area contributed by atoms with Crippen molar-refractivity contribution in [3.8, 4) is 6.07 Å². The Bertz CT molecular complexity index is 659. The molecule has 1 saturated heterocycles. The van der Waals surface area contributed by atoms with Crippen LogP contribution in [0.1, 0.15) is 18.4 Å². The molecular formula is C16H18N4. The molecule has 102 valence electrons. The van der Waals surface area contributed by atoms with Gasteiger partial charge in [0.25, 0.3) is 0 Å². The molecule has 1 aliphatic rings. The lowest BCUT2D eigenvalue weighted by Gasteiger charge is -2.33. The molecule has 0 bridgehead atoms. The SMILES string of the molecule is CNC1CCCN(c2nc3ccccc3cc2C#N)C1. The highest BCUT2D eigenvalue weighted by Crippen LogP contribution is 2.25. The van der Waals surface area contributed by atoms with Gasteiger partial charge in [0.1, 0.15) is 11.9 Å². The first-order valence-corrected chi connectivity index (χ1v) is 7.04. The Morgan fingerprint density at radius 2 is 2.25 bits per heavy atom. The van der Waals surface area contributed by atoms with E-state index in [-0.39, 0.29) is 0 Å². The van der Waals surface area contributed by atoms with Crippen LogP contribution in [0.25, 0.3) is 10.9 Å². The number of nitrogens with one attached hydrogen (secondary N) is 1. The van der Waals surface area contributed by atoms with Crippen molar-refractivity contribution < 1.29 is 0 Å². The highest BCUT2D eigenvalue weighted by Gasteiger charge is 2.22. The number of rotatable bonds is 2. The van der Waals surface area contributed by atoms with Gasteiger partial charge in [0.2, 0.25) is 0 Å². The summed E-state index contributed by atoms with van der Waals surface area (Å²) >= 11 is 0. The van der Waals surface area contributed by atoms with Crippen molar-refractivity contribution in [3.63, 3.8) is 0 Å². The zero-order valence-corrected chi connectivity index (χ0v) is 11.6. The second kappa shape index (κ2) is 5.48. The molecule has 1 aromatic heterocycles. The van der Waals surface area contributed by atoms with Crippen molar-refractivity contribution in [1.82, 2.24) is 10.3 Å². The van der Waals surface area contributed by atoms with E-state index in [1.165, 1.54) is 6.42 Å². The maximum Gasteiger partial charge on any atom is 0.147 e. The minimum Gasteiger partial charge on any atom is -0.354 e. The Balaban J connectivity index is 2.03. The van der Waals surface area contributed by atoms with E-state index in [4.69, 9.17) is 4.98 Å². The van der Waals surface area contributed by atoms with Gasteiger partial charge in [-0.25, -0.2) is 4.98 Å². The summed E-state index contributed by atoms with van der Waals surface area (Å²) in [5, 5.41) is 13.7. The van der Waals surface area contributed by atoms with E-state index in [0.29, 0.717) is 11.6 Å². The quantitative estimate of drug-likeness (QED) is 0.906. The second-order valence-corrected chi connectivity index (χ2v) is 5.24. The van der Waals surface area contributed by atoms with Crippen LogP contribution in [0.3, 0.4) is 0 Å². The standard InChI is InChI=1S/C16H18N4/c1-18-14-6-4-8-20(11-14)16-13(10-17)9-12-5-2-3-7-15(12)19-16/h2-3,5,7,9,14,18H,4,6,8,11H2,1H3. The zero-order valence-electron chi connectivity index (χ0n) is 11.6. The molecule has 0 spiro atoms. The van der Waals surface area contributed by atoms with Gasteiger partial charge in [-0.15, -0.1) is 0 Å². The van der Waals surface area contributed by atoms with E-state index in [1.54, 1.807) is 0 Å². The van der Waals surface area contributed by atoms with E-state index < -0.39 is 0 Å². The summed E-state index contributed by atoms with van der Waals surface area (Å²) < 4.78 is 0. The van der Waals surface area contributed by atoms with Gasteiger partial charge in [0, 0.05) is 24.5 Å². The summed E-state index contributed by atoms with van der Waals surface area (Å²) in [5.41, 5.74) is 1.62. The number of aromatic nitrogens is 1. The van der Waals surface area contributed by atoms with Gasteiger partial charge in [-0.3, -0.25) is 0 Å². The van der Waals surface area contributed by atoms with Crippen molar-refractivity contribution in [2.45, 2.75) is 18.9 Å². The van der Waals surface area contributed by atoms with Gasteiger partial charge < -0.3 is 10.2 Å². The van der Waals surface area contributed by atoms with Crippen molar-refractivity contribution in [1.29, 1.82) is 5.26 Å². The van der Waals surface area contributed by atoms with E-state index in [1.807, 2.05) is 37.4 Å². The average Bonchev–Trinajstić information content (AvgIpc) is 2.53. The highest BCUT2D eigenvalue weighted by atomic mass is 15.2. The smallest absolute Gasteiger partial charge is 0.147 e. The van der Waals surface area contributed by atoms with Gasteiger partial charge in [0.15, 0.2) is 0 Å². The predicted molar refractivity (Wildman–Crippen MR) is 80.8 cm³/mol. The van der Waals surface area contributed by atoms with Crippen LogP contribution in [0.5, 0.6) is 0 Å². The van der Waals surface area contributed by atoms with Crippen LogP contribution in [0.4, 0.5) is 5.82 Å². The lowest BCUT2D eigenvalue weighted by molar-refractivity contribution is 0.448. The van der Waals surface area contributed by atoms with Crippen LogP contribution in [0.15, 0.2) is 30.3 Å². The Hall–Kier alpha value is -2.12. The van der Waals surface area contributed by atoms with Crippen LogP contribution < -0.4 is 10.2 Å². The third-order valence-electron chi connectivity index (χ3n) is 3.95. The normalized spacial score (nSPS) is 19.0. The molecule has 0 amide bonds. The third-order valence-corrected chi connectivity index (χ3v) is 3.95. The molecular weight excluding hydrogens is 248 g/mol. The molecule has 2 heterocycles. The number of nitriles is 1. The summed E-state index contributed by atoms with van der Waals surface area (Å²) in [6, 6.07) is 12.7. The number of likely N-dealkylation sites (N-methyl/N-ethyl adjacent to an activating group) is 1. The Morgan fingerprint density at radius 3 is 3.05 bits per heavy atom. The Kier molecular flexibility index (Phi) is 3.53. The number of nitrogens with zero attached hydrogens (tertiary/aromatic N) is 3. The summed E-state index contributed by atoms with van der Waals surface area (Å²) in [6.07, 6.45) is 2.31. The molecule has 1 atom stereocenters. The first-order valence-electron chi connectivity index (χ1n) is 7.04. The van der Waals surface area contributed by atoms with Crippen molar-refractivity contribution in [2.24, 2.45) is 0 Å². The number of fused-ring (bicyclic) bond motifs is 1. The molecule has 1 unspecified atom stereocenters. The number of pyridine rings is 1. The summed E-state index contributed by atoms with van der Waals surface area (Å²) in [5.74, 6) is 0.825. The molecule has 2 aromatic rings. The van der Waals surface area contributed by atoms with Crippen molar-refractivity contribution >= 4 is 16.7 Å². The number of para-hydroxylation sites is 1. The minimum atomic E-state index is 0.476. The fraction of sp³-hybridized carbons (Fsp3) is 0.375. The van der Waals surface area contributed by atoms with Crippen LogP contribution >= 0.6 is 0 Å². The van der Waals surface area contributed by atoms with Gasteiger partial charge in [-0.1, -0.05) is 18.2 Å². The molecule has 0 aliphatic carbocycles. The Morgan fingerprint density at radius 1 is 1.40 bits per heavy atom. The Labute approximate surface area is 119 Å². The fourth-order valence-electron chi connectivity index (χ4n) is 2.83. The third kappa shape index (κ3) is 2.33. The predicted octanol–water partition coefficient (Wildman–Crippen LogP) is 2.29.